The van der Waals surface area contributed by atoms with Crippen LogP contribution in [-0.2, 0) is 10.2 Å². The first-order chi connectivity index (χ1) is 13.0. The Bertz CT molecular complexity index is 951. The molecule has 136 valence electrons. The number of nitriles is 1. The van der Waals surface area contributed by atoms with Gasteiger partial charge in [0.05, 0.1) is 28.7 Å². The molecule has 4 rings (SSSR count). The fraction of sp³-hybridized carbons (Fsp3) is 0.286. The number of nitrogens with zero attached hydrogens (tertiary/aromatic N) is 1. The number of aromatic carboxylic acids is 1. The van der Waals surface area contributed by atoms with Gasteiger partial charge in [-0.25, -0.2) is 4.79 Å². The van der Waals surface area contributed by atoms with Gasteiger partial charge >= 0.3 is 5.97 Å². The predicted molar refractivity (Wildman–Crippen MR) is 97.8 cm³/mol. The Morgan fingerprint density at radius 2 is 1.89 bits per heavy atom. The summed E-state index contributed by atoms with van der Waals surface area (Å²) in [6.45, 7) is 0. The summed E-state index contributed by atoms with van der Waals surface area (Å²) in [6.07, 6.45) is 2.60. The number of amides is 1. The molecule has 6 nitrogen and oxygen atoms in total. The van der Waals surface area contributed by atoms with Gasteiger partial charge < -0.3 is 15.2 Å². The largest absolute Gasteiger partial charge is 0.490 e. The summed E-state index contributed by atoms with van der Waals surface area (Å²) in [4.78, 5) is 24.0. The van der Waals surface area contributed by atoms with Crippen molar-refractivity contribution in [3.05, 3.63) is 59.2 Å². The third kappa shape index (κ3) is 2.91. The van der Waals surface area contributed by atoms with Gasteiger partial charge in [0.15, 0.2) is 0 Å². The molecule has 0 saturated heterocycles. The maximum absolute atomic E-state index is 12.7. The van der Waals surface area contributed by atoms with Crippen molar-refractivity contribution in [2.24, 2.45) is 0 Å². The van der Waals surface area contributed by atoms with Crippen LogP contribution in [0.5, 0.6) is 5.75 Å². The van der Waals surface area contributed by atoms with E-state index in [1.165, 1.54) is 6.07 Å². The van der Waals surface area contributed by atoms with Gasteiger partial charge in [-0.05, 0) is 73.7 Å². The van der Waals surface area contributed by atoms with E-state index in [9.17, 15) is 14.7 Å². The number of nitrogens with one attached hydrogen (secondary N) is 1. The van der Waals surface area contributed by atoms with E-state index in [1.54, 1.807) is 36.4 Å². The van der Waals surface area contributed by atoms with Crippen molar-refractivity contribution in [3.63, 3.8) is 0 Å². The van der Waals surface area contributed by atoms with Gasteiger partial charge in [0.2, 0.25) is 5.91 Å². The summed E-state index contributed by atoms with van der Waals surface area (Å²) in [6, 6.07) is 13.9. The van der Waals surface area contributed by atoms with Crippen molar-refractivity contribution >= 4 is 17.6 Å². The number of carboxylic acid groups (broad SMARTS) is 1. The number of hydrogen-bond acceptors (Lipinski definition) is 4. The van der Waals surface area contributed by atoms with Gasteiger partial charge in [-0.15, -0.1) is 0 Å². The highest BCUT2D eigenvalue weighted by Crippen LogP contribution is 2.48. The highest BCUT2D eigenvalue weighted by Gasteiger charge is 2.49. The molecule has 1 heterocycles. The van der Waals surface area contributed by atoms with E-state index < -0.39 is 11.4 Å². The third-order valence-corrected chi connectivity index (χ3v) is 5.54. The van der Waals surface area contributed by atoms with E-state index in [-0.39, 0.29) is 17.6 Å². The zero-order valence-corrected chi connectivity index (χ0v) is 14.6. The molecule has 6 heteroatoms. The fourth-order valence-electron chi connectivity index (χ4n) is 4.05. The SMILES string of the molecule is N#Cc1ccc(OC2CCC3(CC2)C(=O)Nc2ccc(C(=O)O)cc23)cc1. The molecule has 1 spiro atoms. The molecule has 2 N–H and O–H groups in total. The zero-order chi connectivity index (χ0) is 19.0. The number of carbonyl (C=O) groups is 2. The van der Waals surface area contributed by atoms with Crippen molar-refractivity contribution in [1.82, 2.24) is 0 Å². The summed E-state index contributed by atoms with van der Waals surface area (Å²) in [7, 11) is 0. The first-order valence-electron chi connectivity index (χ1n) is 8.88. The molecule has 1 amide bonds. The first kappa shape index (κ1) is 17.1. The monoisotopic (exact) mass is 362 g/mol. The number of carboxylic acids is 1. The lowest BCUT2D eigenvalue weighted by Crippen LogP contribution is -2.40. The number of hydrogen-bond donors (Lipinski definition) is 2. The number of benzene rings is 2. The van der Waals surface area contributed by atoms with Gasteiger partial charge in [-0.3, -0.25) is 4.79 Å². The Hall–Kier alpha value is -3.33. The van der Waals surface area contributed by atoms with Crippen molar-refractivity contribution in [2.75, 3.05) is 5.32 Å². The van der Waals surface area contributed by atoms with E-state index >= 15 is 0 Å². The summed E-state index contributed by atoms with van der Waals surface area (Å²) in [5.41, 5.74) is 1.59. The molecule has 2 aromatic rings. The second-order valence-electron chi connectivity index (χ2n) is 7.06. The Kier molecular flexibility index (Phi) is 4.08. The van der Waals surface area contributed by atoms with Crippen molar-refractivity contribution in [2.45, 2.75) is 37.2 Å². The van der Waals surface area contributed by atoms with Gasteiger partial charge in [0.1, 0.15) is 5.75 Å². The summed E-state index contributed by atoms with van der Waals surface area (Å²) in [5.74, 6) is -0.346. The molecule has 1 fully saturated rings. The molecule has 0 bridgehead atoms. The lowest BCUT2D eigenvalue weighted by molar-refractivity contribution is -0.122. The quantitative estimate of drug-likeness (QED) is 0.871. The Labute approximate surface area is 156 Å². The summed E-state index contributed by atoms with van der Waals surface area (Å²) < 4.78 is 6.01. The van der Waals surface area contributed by atoms with Crippen LogP contribution in [0.15, 0.2) is 42.5 Å². The van der Waals surface area contributed by atoms with E-state index in [4.69, 9.17) is 10.00 Å². The summed E-state index contributed by atoms with van der Waals surface area (Å²) in [5, 5.41) is 21.0. The number of anilines is 1. The molecule has 27 heavy (non-hydrogen) atoms. The number of rotatable bonds is 3. The number of ether oxygens (including phenoxy) is 1. The Morgan fingerprint density at radius 1 is 1.19 bits per heavy atom. The van der Waals surface area contributed by atoms with Crippen molar-refractivity contribution in [1.29, 1.82) is 5.26 Å². The predicted octanol–water partition coefficient (Wildman–Crippen LogP) is 3.47. The standard InChI is InChI=1S/C21H18N2O4/c22-12-13-1-4-15(5-2-13)27-16-7-9-21(10-8-16)17-11-14(19(24)25)3-6-18(17)23-20(21)26/h1-6,11,16H,7-10H2,(H,23,26)(H,24,25). The highest BCUT2D eigenvalue weighted by molar-refractivity contribution is 6.07. The highest BCUT2D eigenvalue weighted by atomic mass is 16.5. The molecule has 0 aromatic heterocycles. The molecule has 1 aliphatic carbocycles. The van der Waals surface area contributed by atoms with Crippen molar-refractivity contribution in [3.8, 4) is 11.8 Å². The summed E-state index contributed by atoms with van der Waals surface area (Å²) >= 11 is 0. The molecule has 2 aromatic carbocycles. The first-order valence-corrected chi connectivity index (χ1v) is 8.88. The van der Waals surface area contributed by atoms with Crippen LogP contribution in [0.3, 0.4) is 0 Å². The molecule has 1 aliphatic heterocycles. The van der Waals surface area contributed by atoms with Crippen LogP contribution in [0.1, 0.15) is 47.2 Å². The molecule has 0 unspecified atom stereocenters. The lowest BCUT2D eigenvalue weighted by atomic mass is 9.69. The Morgan fingerprint density at radius 3 is 2.52 bits per heavy atom. The van der Waals surface area contributed by atoms with Crippen LogP contribution in [-0.4, -0.2) is 23.1 Å². The average Bonchev–Trinajstić information content (AvgIpc) is 2.95. The van der Waals surface area contributed by atoms with Crippen LogP contribution in [0.4, 0.5) is 5.69 Å². The van der Waals surface area contributed by atoms with Crippen LogP contribution in [0.2, 0.25) is 0 Å². The van der Waals surface area contributed by atoms with Crippen LogP contribution in [0.25, 0.3) is 0 Å². The van der Waals surface area contributed by atoms with Gasteiger partial charge in [0.25, 0.3) is 0 Å². The maximum atomic E-state index is 12.7. The fourth-order valence-corrected chi connectivity index (χ4v) is 4.05. The molecule has 1 saturated carbocycles. The number of carbonyl (C=O) groups excluding carboxylic acids is 1. The zero-order valence-electron chi connectivity index (χ0n) is 14.6. The minimum absolute atomic E-state index is 0.0110. The lowest BCUT2D eigenvalue weighted by Gasteiger charge is -2.35. The second kappa shape index (κ2) is 6.44. The number of fused-ring (bicyclic) bond motifs is 2. The Balaban J connectivity index is 1.51. The topological polar surface area (TPSA) is 99.4 Å². The van der Waals surface area contributed by atoms with Gasteiger partial charge in [-0.1, -0.05) is 0 Å². The van der Waals surface area contributed by atoms with Crippen LogP contribution < -0.4 is 10.1 Å². The normalized spacial score (nSPS) is 23.4. The van der Waals surface area contributed by atoms with Gasteiger partial charge in [-0.2, -0.15) is 5.26 Å². The average molecular weight is 362 g/mol. The third-order valence-electron chi connectivity index (χ3n) is 5.54. The molecular formula is C21H18N2O4. The minimum Gasteiger partial charge on any atom is -0.490 e. The molecular weight excluding hydrogens is 344 g/mol. The minimum atomic E-state index is -0.995. The maximum Gasteiger partial charge on any atom is 0.335 e. The van der Waals surface area contributed by atoms with Crippen LogP contribution in [0, 0.1) is 11.3 Å². The van der Waals surface area contributed by atoms with Crippen LogP contribution >= 0.6 is 0 Å². The molecule has 0 atom stereocenters. The van der Waals surface area contributed by atoms with E-state index in [0.717, 1.165) is 5.56 Å². The molecule has 2 aliphatic rings. The smallest absolute Gasteiger partial charge is 0.335 e. The van der Waals surface area contributed by atoms with E-state index in [1.807, 2.05) is 0 Å². The van der Waals surface area contributed by atoms with E-state index in [2.05, 4.69) is 11.4 Å². The van der Waals surface area contributed by atoms with E-state index in [0.29, 0.717) is 42.7 Å². The molecule has 0 radical (unpaired) electrons. The van der Waals surface area contributed by atoms with Gasteiger partial charge in [0, 0.05) is 5.69 Å². The second-order valence-corrected chi connectivity index (χ2v) is 7.06. The van der Waals surface area contributed by atoms with Crippen molar-refractivity contribution < 1.29 is 19.4 Å².